The number of rotatable bonds is 5. The van der Waals surface area contributed by atoms with E-state index in [-0.39, 0.29) is 23.8 Å². The number of fused-ring (bicyclic) bond motifs is 2. The van der Waals surface area contributed by atoms with E-state index >= 15 is 0 Å². The van der Waals surface area contributed by atoms with Crippen LogP contribution in [0.5, 0.6) is 0 Å². The van der Waals surface area contributed by atoms with Crippen LogP contribution in [0.15, 0.2) is 30.3 Å². The molecule has 3 aliphatic rings. The lowest BCUT2D eigenvalue weighted by Crippen LogP contribution is -2.53. The van der Waals surface area contributed by atoms with Crippen LogP contribution in [0.2, 0.25) is 0 Å². The molecule has 2 amide bonds. The van der Waals surface area contributed by atoms with Gasteiger partial charge in [-0.25, -0.2) is 0 Å². The van der Waals surface area contributed by atoms with Crippen molar-refractivity contribution >= 4 is 11.8 Å². The number of benzene rings is 1. The van der Waals surface area contributed by atoms with Crippen LogP contribution in [-0.4, -0.2) is 35.3 Å². The first-order valence-electron chi connectivity index (χ1n) is 8.88. The van der Waals surface area contributed by atoms with E-state index in [2.05, 4.69) is 17.4 Å². The first-order valence-corrected chi connectivity index (χ1v) is 8.88. The zero-order valence-corrected chi connectivity index (χ0v) is 13.4. The summed E-state index contributed by atoms with van der Waals surface area (Å²) in [7, 11) is 0. The normalized spacial score (nSPS) is 28.9. The van der Waals surface area contributed by atoms with Crippen molar-refractivity contribution in [2.45, 2.75) is 50.6 Å². The fourth-order valence-corrected chi connectivity index (χ4v) is 4.26. The van der Waals surface area contributed by atoms with E-state index in [9.17, 15) is 9.59 Å². The molecule has 1 aromatic rings. The van der Waals surface area contributed by atoms with Crippen molar-refractivity contribution in [1.29, 1.82) is 0 Å². The quantitative estimate of drug-likeness (QED) is 0.905. The van der Waals surface area contributed by atoms with Gasteiger partial charge in [0.05, 0.1) is 0 Å². The first kappa shape index (κ1) is 14.7. The molecule has 1 aromatic carbocycles. The molecule has 4 rings (SSSR count). The molecule has 122 valence electrons. The van der Waals surface area contributed by atoms with Crippen molar-refractivity contribution in [2.24, 2.45) is 11.8 Å². The second kappa shape index (κ2) is 5.99. The number of hydrogen-bond acceptors (Lipinski definition) is 2. The number of piperidine rings is 1. The minimum absolute atomic E-state index is 0.0575. The van der Waals surface area contributed by atoms with E-state index in [4.69, 9.17) is 0 Å². The van der Waals surface area contributed by atoms with Crippen molar-refractivity contribution in [2.75, 3.05) is 6.54 Å². The fraction of sp³-hybridized carbons (Fsp3) is 0.579. The average Bonchev–Trinajstić information content (AvgIpc) is 3.23. The van der Waals surface area contributed by atoms with Crippen molar-refractivity contribution in [3.63, 3.8) is 0 Å². The highest BCUT2D eigenvalue weighted by molar-refractivity contribution is 5.90. The molecular weight excluding hydrogens is 288 g/mol. The molecular formula is C19H24N2O2. The molecule has 2 saturated carbocycles. The summed E-state index contributed by atoms with van der Waals surface area (Å²) in [5, 5.41) is 3.07. The molecule has 23 heavy (non-hydrogen) atoms. The van der Waals surface area contributed by atoms with E-state index in [1.165, 1.54) is 5.56 Å². The maximum Gasteiger partial charge on any atom is 0.243 e. The van der Waals surface area contributed by atoms with Crippen LogP contribution >= 0.6 is 0 Å². The Balaban J connectivity index is 1.37. The number of likely N-dealkylation sites (tertiary alicyclic amines) is 1. The second-order valence-electron chi connectivity index (χ2n) is 7.22. The Bertz CT molecular complexity index is 597. The van der Waals surface area contributed by atoms with Crippen LogP contribution in [0.3, 0.4) is 0 Å². The Hall–Kier alpha value is -1.84. The zero-order chi connectivity index (χ0) is 15.8. The lowest BCUT2D eigenvalue weighted by Gasteiger charge is -2.34. The maximum absolute atomic E-state index is 12.7. The van der Waals surface area contributed by atoms with Gasteiger partial charge in [-0.05, 0) is 50.0 Å². The van der Waals surface area contributed by atoms with E-state index < -0.39 is 0 Å². The molecule has 4 heteroatoms. The largest absolute Gasteiger partial charge is 0.354 e. The third kappa shape index (κ3) is 2.87. The Morgan fingerprint density at radius 2 is 1.87 bits per heavy atom. The topological polar surface area (TPSA) is 49.4 Å². The lowest BCUT2D eigenvalue weighted by molar-refractivity contribution is -0.143. The molecule has 1 N–H and O–H groups in total. The van der Waals surface area contributed by atoms with Gasteiger partial charge in [0.2, 0.25) is 11.8 Å². The van der Waals surface area contributed by atoms with E-state index in [0.29, 0.717) is 18.5 Å². The van der Waals surface area contributed by atoms with E-state index in [1.54, 1.807) is 0 Å². The highest BCUT2D eigenvalue weighted by atomic mass is 16.2. The van der Waals surface area contributed by atoms with E-state index in [0.717, 1.165) is 38.5 Å². The Morgan fingerprint density at radius 3 is 2.61 bits per heavy atom. The monoisotopic (exact) mass is 312 g/mol. The van der Waals surface area contributed by atoms with Gasteiger partial charge >= 0.3 is 0 Å². The molecule has 3 fully saturated rings. The summed E-state index contributed by atoms with van der Waals surface area (Å²) in [4.78, 5) is 27.2. The van der Waals surface area contributed by atoms with Gasteiger partial charge in [0.1, 0.15) is 6.04 Å². The average molecular weight is 312 g/mol. The summed E-state index contributed by atoms with van der Waals surface area (Å²) in [6, 6.07) is 10.3. The SMILES string of the molecule is O=C(NCCc1ccccc1)[C@@H]1[C@H]2CC[C@@H](C2)N1C(=O)C1CC1. The number of hydrogen-bond donors (Lipinski definition) is 1. The second-order valence-corrected chi connectivity index (χ2v) is 7.22. The van der Waals surface area contributed by atoms with Crippen molar-refractivity contribution in [3.8, 4) is 0 Å². The van der Waals surface area contributed by atoms with Gasteiger partial charge in [0.15, 0.2) is 0 Å². The summed E-state index contributed by atoms with van der Waals surface area (Å²) >= 11 is 0. The fourth-order valence-electron chi connectivity index (χ4n) is 4.26. The standard InChI is InChI=1S/C19H24N2O2/c22-18(20-11-10-13-4-2-1-3-5-13)17-15-8-9-16(12-15)21(17)19(23)14-6-7-14/h1-5,14-17H,6-12H2,(H,20,22)/t15-,16-,17-/m0/s1. The van der Waals surface area contributed by atoms with Crippen LogP contribution < -0.4 is 5.32 Å². The molecule has 1 heterocycles. The Kier molecular flexibility index (Phi) is 3.83. The minimum Gasteiger partial charge on any atom is -0.354 e. The first-order chi connectivity index (χ1) is 11.2. The van der Waals surface area contributed by atoms with Crippen molar-refractivity contribution in [1.82, 2.24) is 10.2 Å². The molecule has 2 bridgehead atoms. The third-order valence-electron chi connectivity index (χ3n) is 5.59. The van der Waals surface area contributed by atoms with Gasteiger partial charge in [0, 0.05) is 18.5 Å². The molecule has 3 atom stereocenters. The van der Waals surface area contributed by atoms with Gasteiger partial charge in [-0.15, -0.1) is 0 Å². The highest BCUT2D eigenvalue weighted by Crippen LogP contribution is 2.45. The molecule has 1 aliphatic heterocycles. The van der Waals surface area contributed by atoms with Crippen LogP contribution in [0.25, 0.3) is 0 Å². The van der Waals surface area contributed by atoms with Gasteiger partial charge in [0.25, 0.3) is 0 Å². The number of carbonyl (C=O) groups is 2. The van der Waals surface area contributed by atoms with Crippen molar-refractivity contribution in [3.05, 3.63) is 35.9 Å². The molecule has 0 radical (unpaired) electrons. The molecule has 0 spiro atoms. The van der Waals surface area contributed by atoms with Crippen LogP contribution in [0.1, 0.15) is 37.7 Å². The smallest absolute Gasteiger partial charge is 0.243 e. The van der Waals surface area contributed by atoms with Gasteiger partial charge < -0.3 is 10.2 Å². The van der Waals surface area contributed by atoms with Crippen LogP contribution in [-0.2, 0) is 16.0 Å². The number of carbonyl (C=O) groups excluding carboxylic acids is 2. The number of amides is 2. The van der Waals surface area contributed by atoms with Gasteiger partial charge in [-0.2, -0.15) is 0 Å². The lowest BCUT2D eigenvalue weighted by atomic mass is 9.97. The maximum atomic E-state index is 12.7. The summed E-state index contributed by atoms with van der Waals surface area (Å²) in [6.07, 6.45) is 6.05. The Morgan fingerprint density at radius 1 is 1.09 bits per heavy atom. The van der Waals surface area contributed by atoms with Gasteiger partial charge in [-0.1, -0.05) is 30.3 Å². The molecule has 4 nitrogen and oxygen atoms in total. The molecule has 2 aliphatic carbocycles. The summed E-state index contributed by atoms with van der Waals surface area (Å²) in [6.45, 7) is 0.641. The molecule has 0 aromatic heterocycles. The Labute approximate surface area is 137 Å². The van der Waals surface area contributed by atoms with Crippen LogP contribution in [0.4, 0.5) is 0 Å². The zero-order valence-electron chi connectivity index (χ0n) is 13.4. The van der Waals surface area contributed by atoms with Crippen molar-refractivity contribution < 1.29 is 9.59 Å². The highest BCUT2D eigenvalue weighted by Gasteiger charge is 2.53. The van der Waals surface area contributed by atoms with Crippen LogP contribution in [0, 0.1) is 11.8 Å². The molecule has 0 unspecified atom stereocenters. The minimum atomic E-state index is -0.211. The summed E-state index contributed by atoms with van der Waals surface area (Å²) < 4.78 is 0. The van der Waals surface area contributed by atoms with Gasteiger partial charge in [-0.3, -0.25) is 9.59 Å². The number of nitrogens with zero attached hydrogens (tertiary/aromatic N) is 1. The summed E-state index contributed by atoms with van der Waals surface area (Å²) in [5.74, 6) is 0.871. The number of nitrogens with one attached hydrogen (secondary N) is 1. The third-order valence-corrected chi connectivity index (χ3v) is 5.59. The molecule has 1 saturated heterocycles. The predicted octanol–water partition coefficient (Wildman–Crippen LogP) is 2.13. The predicted molar refractivity (Wildman–Crippen MR) is 87.6 cm³/mol. The summed E-state index contributed by atoms with van der Waals surface area (Å²) in [5.41, 5.74) is 1.23. The van der Waals surface area contributed by atoms with E-state index in [1.807, 2.05) is 23.1 Å².